The van der Waals surface area contributed by atoms with Gasteiger partial charge in [0.25, 0.3) is 0 Å². The molecule has 0 aliphatic carbocycles. The lowest BCUT2D eigenvalue weighted by Crippen LogP contribution is -2.32. The first-order valence-corrected chi connectivity index (χ1v) is 13.4. The summed E-state index contributed by atoms with van der Waals surface area (Å²) in [5.41, 5.74) is 2.91. The summed E-state index contributed by atoms with van der Waals surface area (Å²) in [4.78, 5) is 30.6. The van der Waals surface area contributed by atoms with Gasteiger partial charge in [-0.15, -0.1) is 0 Å². The second-order valence-corrected chi connectivity index (χ2v) is 9.96. The van der Waals surface area contributed by atoms with Gasteiger partial charge in [0, 0.05) is 25.1 Å². The molecule has 1 aliphatic heterocycles. The van der Waals surface area contributed by atoms with Crippen molar-refractivity contribution < 1.29 is 28.6 Å². The third kappa shape index (κ3) is 6.69. The molecule has 1 aliphatic rings. The number of rotatable bonds is 10. The molecule has 1 fully saturated rings. The maximum Gasteiger partial charge on any atom is 0.415 e. The van der Waals surface area contributed by atoms with E-state index in [1.165, 1.54) is 4.90 Å². The van der Waals surface area contributed by atoms with E-state index in [2.05, 4.69) is 4.98 Å². The molecule has 1 saturated heterocycles. The summed E-state index contributed by atoms with van der Waals surface area (Å²) in [6.45, 7) is 2.89. The van der Waals surface area contributed by atoms with Gasteiger partial charge in [-0.05, 0) is 67.6 Å². The Hall–Kier alpha value is -4.59. The quantitative estimate of drug-likeness (QED) is 0.262. The molecule has 206 valence electrons. The number of ether oxygens (including phenoxy) is 2. The predicted octanol–water partition coefficient (Wildman–Crippen LogP) is 6.04. The van der Waals surface area contributed by atoms with Gasteiger partial charge >= 0.3 is 12.1 Å². The largest absolute Gasteiger partial charge is 0.493 e. The van der Waals surface area contributed by atoms with Crippen LogP contribution in [0.1, 0.15) is 23.4 Å². The number of para-hydroxylation sites is 1. The van der Waals surface area contributed by atoms with Crippen molar-refractivity contribution in [2.75, 3.05) is 19.7 Å². The fourth-order valence-corrected chi connectivity index (χ4v) is 4.98. The monoisotopic (exact) mass is 540 g/mol. The minimum absolute atomic E-state index is 0.149. The maximum atomic E-state index is 12.6. The Kier molecular flexibility index (Phi) is 8.44. The maximum absolute atomic E-state index is 12.6. The lowest BCUT2D eigenvalue weighted by Gasteiger charge is -2.16. The molecule has 1 N–H and O–H groups in total. The number of carboxylic acids is 1. The highest BCUT2D eigenvalue weighted by Crippen LogP contribution is 2.29. The van der Waals surface area contributed by atoms with E-state index in [1.807, 2.05) is 67.6 Å². The van der Waals surface area contributed by atoms with E-state index in [4.69, 9.17) is 13.9 Å². The Morgan fingerprint density at radius 3 is 2.33 bits per heavy atom. The number of likely N-dealkylation sites (tertiary alicyclic amines) is 1. The van der Waals surface area contributed by atoms with Crippen LogP contribution in [0.15, 0.2) is 89.3 Å². The molecular formula is C32H32N2O6. The minimum Gasteiger partial charge on any atom is -0.493 e. The van der Waals surface area contributed by atoms with Crippen LogP contribution >= 0.6 is 0 Å². The van der Waals surface area contributed by atoms with Crippen LogP contribution in [-0.2, 0) is 17.6 Å². The van der Waals surface area contributed by atoms with Crippen molar-refractivity contribution in [1.29, 1.82) is 0 Å². The molecule has 0 spiro atoms. The van der Waals surface area contributed by atoms with E-state index in [1.54, 1.807) is 24.3 Å². The number of benzene rings is 3. The van der Waals surface area contributed by atoms with E-state index in [9.17, 15) is 14.7 Å². The fraction of sp³-hybridized carbons (Fsp3) is 0.281. The highest BCUT2D eigenvalue weighted by Gasteiger charge is 2.40. The topological polar surface area (TPSA) is 102 Å². The number of aromatic nitrogens is 1. The molecule has 8 heteroatoms. The number of nitrogens with zero attached hydrogens (tertiary/aromatic N) is 2. The Bertz CT molecular complexity index is 1420. The zero-order valence-corrected chi connectivity index (χ0v) is 22.4. The van der Waals surface area contributed by atoms with Crippen molar-refractivity contribution in [3.8, 4) is 23.0 Å². The van der Waals surface area contributed by atoms with Crippen LogP contribution in [0.5, 0.6) is 11.5 Å². The number of aliphatic carboxylic acids is 1. The molecule has 5 rings (SSSR count). The highest BCUT2D eigenvalue weighted by molar-refractivity contribution is 5.75. The zero-order chi connectivity index (χ0) is 27.9. The predicted molar refractivity (Wildman–Crippen MR) is 149 cm³/mol. The number of carbonyl (C=O) groups is 2. The minimum atomic E-state index is -0.887. The molecule has 3 aromatic carbocycles. The molecule has 1 amide bonds. The number of carbonyl (C=O) groups excluding carboxylic acids is 1. The Labute approximate surface area is 233 Å². The van der Waals surface area contributed by atoms with Crippen LogP contribution in [0.25, 0.3) is 11.5 Å². The van der Waals surface area contributed by atoms with Crippen LogP contribution in [0.4, 0.5) is 4.79 Å². The first kappa shape index (κ1) is 27.0. The molecule has 0 bridgehead atoms. The SMILES string of the molecule is Cc1oc(-c2ccccc2)nc1CCOc1ccc(CC[C@@H]2CN(C(=O)Oc3ccccc3)C[C@@H]2C(=O)O)cc1. The van der Waals surface area contributed by atoms with E-state index in [0.29, 0.717) is 44.1 Å². The van der Waals surface area contributed by atoms with Crippen LogP contribution < -0.4 is 9.47 Å². The van der Waals surface area contributed by atoms with Gasteiger partial charge in [-0.3, -0.25) is 4.79 Å². The molecule has 0 radical (unpaired) electrons. The Morgan fingerprint density at radius 1 is 0.925 bits per heavy atom. The average Bonchev–Trinajstić information content (AvgIpc) is 3.58. The van der Waals surface area contributed by atoms with Crippen LogP contribution in [0, 0.1) is 18.8 Å². The van der Waals surface area contributed by atoms with Gasteiger partial charge in [-0.2, -0.15) is 0 Å². The van der Waals surface area contributed by atoms with Crippen LogP contribution in [-0.4, -0.2) is 46.7 Å². The van der Waals surface area contributed by atoms with E-state index in [-0.39, 0.29) is 12.5 Å². The number of aryl methyl sites for hydroxylation is 2. The molecule has 0 unspecified atom stereocenters. The van der Waals surface area contributed by atoms with Crippen molar-refractivity contribution in [1.82, 2.24) is 9.88 Å². The molecule has 2 atom stereocenters. The van der Waals surface area contributed by atoms with Crippen molar-refractivity contribution in [3.63, 3.8) is 0 Å². The van der Waals surface area contributed by atoms with Gasteiger partial charge in [-0.1, -0.05) is 48.5 Å². The Balaban J connectivity index is 1.10. The molecule has 8 nitrogen and oxygen atoms in total. The third-order valence-electron chi connectivity index (χ3n) is 7.21. The third-order valence-corrected chi connectivity index (χ3v) is 7.21. The van der Waals surface area contributed by atoms with E-state index < -0.39 is 18.0 Å². The molecule has 40 heavy (non-hydrogen) atoms. The van der Waals surface area contributed by atoms with Crippen molar-refractivity contribution in [3.05, 3.63) is 102 Å². The van der Waals surface area contributed by atoms with Gasteiger partial charge in [0.2, 0.25) is 5.89 Å². The van der Waals surface area contributed by atoms with Crippen molar-refractivity contribution in [2.45, 2.75) is 26.2 Å². The summed E-state index contributed by atoms with van der Waals surface area (Å²) in [5, 5.41) is 9.74. The summed E-state index contributed by atoms with van der Waals surface area (Å²) in [7, 11) is 0. The zero-order valence-electron chi connectivity index (χ0n) is 22.4. The number of carboxylic acid groups (broad SMARTS) is 1. The van der Waals surface area contributed by atoms with Crippen LogP contribution in [0.3, 0.4) is 0 Å². The smallest absolute Gasteiger partial charge is 0.415 e. The van der Waals surface area contributed by atoms with Gasteiger partial charge in [-0.25, -0.2) is 9.78 Å². The van der Waals surface area contributed by atoms with Gasteiger partial charge in [0.15, 0.2) is 0 Å². The molecule has 1 aromatic heterocycles. The number of hydrogen-bond acceptors (Lipinski definition) is 6. The molecule has 4 aromatic rings. The molecule has 2 heterocycles. The summed E-state index contributed by atoms with van der Waals surface area (Å²) in [5.74, 6) is 0.946. The summed E-state index contributed by atoms with van der Waals surface area (Å²) in [6, 6.07) is 26.5. The average molecular weight is 541 g/mol. The number of hydrogen-bond donors (Lipinski definition) is 1. The molecule has 0 saturated carbocycles. The second kappa shape index (κ2) is 12.5. The van der Waals surface area contributed by atoms with E-state index >= 15 is 0 Å². The standard InChI is InChI=1S/C32H32N2O6/c1-22-29(33-30(39-22)24-8-4-2-5-9-24)18-19-38-26-16-13-23(14-17-26)12-15-25-20-34(21-28(25)31(35)36)32(37)40-27-10-6-3-7-11-27/h2-11,13-14,16-17,25,28H,12,15,18-21H2,1H3,(H,35,36)/t25-,28+/m1/s1. The fourth-order valence-electron chi connectivity index (χ4n) is 4.98. The second-order valence-electron chi connectivity index (χ2n) is 9.96. The number of oxazole rings is 1. The van der Waals surface area contributed by atoms with Gasteiger partial charge in [0.05, 0.1) is 18.2 Å². The highest BCUT2D eigenvalue weighted by atomic mass is 16.6. The van der Waals surface area contributed by atoms with Crippen molar-refractivity contribution >= 4 is 12.1 Å². The molecular weight excluding hydrogens is 508 g/mol. The van der Waals surface area contributed by atoms with E-state index in [0.717, 1.165) is 28.3 Å². The first-order chi connectivity index (χ1) is 19.5. The summed E-state index contributed by atoms with van der Waals surface area (Å²) < 4.78 is 17.2. The number of amides is 1. The van der Waals surface area contributed by atoms with Gasteiger partial charge < -0.3 is 23.9 Å². The summed E-state index contributed by atoms with van der Waals surface area (Å²) in [6.07, 6.45) is 1.47. The van der Waals surface area contributed by atoms with Crippen LogP contribution in [0.2, 0.25) is 0 Å². The van der Waals surface area contributed by atoms with Crippen molar-refractivity contribution in [2.24, 2.45) is 11.8 Å². The Morgan fingerprint density at radius 2 is 1.62 bits per heavy atom. The summed E-state index contributed by atoms with van der Waals surface area (Å²) >= 11 is 0. The van der Waals surface area contributed by atoms with Gasteiger partial charge in [0.1, 0.15) is 17.3 Å². The lowest BCUT2D eigenvalue weighted by atomic mass is 9.90. The first-order valence-electron chi connectivity index (χ1n) is 13.4. The normalized spacial score (nSPS) is 16.6. The lowest BCUT2D eigenvalue weighted by molar-refractivity contribution is -0.142.